The lowest BCUT2D eigenvalue weighted by molar-refractivity contribution is -0.126. The van der Waals surface area contributed by atoms with Crippen molar-refractivity contribution in [2.24, 2.45) is 0 Å². The molecule has 2 saturated heterocycles. The van der Waals surface area contributed by atoms with E-state index in [0.717, 1.165) is 37.7 Å². The lowest BCUT2D eigenvalue weighted by Gasteiger charge is -2.36. The zero-order valence-corrected chi connectivity index (χ0v) is 14.2. The van der Waals surface area contributed by atoms with E-state index in [2.05, 4.69) is 35.9 Å². The molecule has 1 amide bonds. The van der Waals surface area contributed by atoms with Crippen molar-refractivity contribution in [1.29, 1.82) is 0 Å². The van der Waals surface area contributed by atoms with Gasteiger partial charge in [0, 0.05) is 0 Å². The van der Waals surface area contributed by atoms with Gasteiger partial charge in [0.1, 0.15) is 18.1 Å². The van der Waals surface area contributed by atoms with Crippen molar-refractivity contribution in [3.8, 4) is 0 Å². The van der Waals surface area contributed by atoms with Gasteiger partial charge in [-0.1, -0.05) is 0 Å². The summed E-state index contributed by atoms with van der Waals surface area (Å²) in [5, 5.41) is 9.65. The molecular formula is C16H23N7O2. The Bertz CT molecular complexity index is 743. The number of carbonyl (C=O) groups excluding carboxylic acids is 1. The molecule has 0 saturated carbocycles. The van der Waals surface area contributed by atoms with E-state index < -0.39 is 0 Å². The van der Waals surface area contributed by atoms with E-state index in [-0.39, 0.29) is 30.3 Å². The number of amides is 1. The number of carbonyl (C=O) groups is 1. The van der Waals surface area contributed by atoms with E-state index in [1.165, 1.54) is 6.33 Å². The summed E-state index contributed by atoms with van der Waals surface area (Å²) >= 11 is 0. The Morgan fingerprint density at radius 2 is 2.20 bits per heavy atom. The van der Waals surface area contributed by atoms with E-state index in [1.807, 2.05) is 6.92 Å². The first-order valence-electron chi connectivity index (χ1n) is 8.80. The second kappa shape index (κ2) is 6.93. The second-order valence-electron chi connectivity index (χ2n) is 6.64. The number of nitrogens with one attached hydrogen (secondary N) is 4. The maximum absolute atomic E-state index is 12.3. The van der Waals surface area contributed by atoms with Gasteiger partial charge in [-0.3, -0.25) is 4.79 Å². The molecule has 0 radical (unpaired) electrons. The molecule has 4 rings (SSSR count). The Hall–Kier alpha value is -2.26. The Morgan fingerprint density at radius 3 is 3.00 bits per heavy atom. The second-order valence-corrected chi connectivity index (χ2v) is 6.64. The van der Waals surface area contributed by atoms with Crippen molar-refractivity contribution in [2.45, 2.75) is 57.0 Å². The molecule has 4 N–H and O–H groups in total. The number of anilines is 1. The van der Waals surface area contributed by atoms with Crippen LogP contribution in [0.25, 0.3) is 11.2 Å². The highest BCUT2D eigenvalue weighted by molar-refractivity contribution is 5.82. The number of aromatic amines is 1. The fourth-order valence-electron chi connectivity index (χ4n) is 3.50. The molecule has 134 valence electrons. The lowest BCUT2D eigenvalue weighted by atomic mass is 10.0. The largest absolute Gasteiger partial charge is 0.353 e. The third-order valence-corrected chi connectivity index (χ3v) is 4.91. The summed E-state index contributed by atoms with van der Waals surface area (Å²) in [5.74, 6) is 0.761. The molecule has 2 aromatic heterocycles. The zero-order valence-electron chi connectivity index (χ0n) is 14.2. The highest BCUT2D eigenvalue weighted by Crippen LogP contribution is 2.23. The van der Waals surface area contributed by atoms with Gasteiger partial charge in [-0.15, -0.1) is 0 Å². The molecule has 9 heteroatoms. The van der Waals surface area contributed by atoms with Crippen LogP contribution in [0.1, 0.15) is 32.6 Å². The van der Waals surface area contributed by atoms with Crippen LogP contribution in [0.4, 0.5) is 5.82 Å². The minimum atomic E-state index is -0.158. The number of rotatable bonds is 4. The molecule has 9 nitrogen and oxygen atoms in total. The van der Waals surface area contributed by atoms with E-state index >= 15 is 0 Å². The molecule has 2 aliphatic rings. The maximum Gasteiger partial charge on any atom is 0.237 e. The van der Waals surface area contributed by atoms with Crippen LogP contribution in [0.2, 0.25) is 0 Å². The summed E-state index contributed by atoms with van der Waals surface area (Å²) in [5.41, 5.74) is 1.39. The molecule has 25 heavy (non-hydrogen) atoms. The summed E-state index contributed by atoms with van der Waals surface area (Å²) in [6, 6.07) is -0.0248. The summed E-state index contributed by atoms with van der Waals surface area (Å²) in [6.45, 7) is 2.91. The number of H-pyrrole nitrogens is 1. The van der Waals surface area contributed by atoms with Crippen LogP contribution in [0.5, 0.6) is 0 Å². The molecule has 2 aromatic rings. The summed E-state index contributed by atoms with van der Waals surface area (Å²) in [7, 11) is 0. The first kappa shape index (κ1) is 16.2. The van der Waals surface area contributed by atoms with Crippen LogP contribution in [0.15, 0.2) is 12.7 Å². The third-order valence-electron chi connectivity index (χ3n) is 4.91. The first-order chi connectivity index (χ1) is 12.2. The van der Waals surface area contributed by atoms with Crippen molar-refractivity contribution in [2.75, 3.05) is 11.9 Å². The van der Waals surface area contributed by atoms with Gasteiger partial charge in [0.25, 0.3) is 0 Å². The quantitative estimate of drug-likeness (QED) is 0.638. The molecule has 2 aliphatic heterocycles. The van der Waals surface area contributed by atoms with Gasteiger partial charge in [0.2, 0.25) is 5.91 Å². The Kier molecular flexibility index (Phi) is 4.50. The highest BCUT2D eigenvalue weighted by atomic mass is 16.5. The monoisotopic (exact) mass is 345 g/mol. The number of hydrogen-bond donors (Lipinski definition) is 4. The average Bonchev–Trinajstić information content (AvgIpc) is 3.28. The predicted octanol–water partition coefficient (Wildman–Crippen LogP) is 0.527. The molecule has 0 aliphatic carbocycles. The van der Waals surface area contributed by atoms with Crippen LogP contribution in [-0.4, -0.2) is 56.8 Å². The Morgan fingerprint density at radius 1 is 1.28 bits per heavy atom. The van der Waals surface area contributed by atoms with Gasteiger partial charge in [-0.2, -0.15) is 0 Å². The smallest absolute Gasteiger partial charge is 0.237 e. The van der Waals surface area contributed by atoms with Crippen LogP contribution >= 0.6 is 0 Å². The van der Waals surface area contributed by atoms with E-state index in [9.17, 15) is 4.79 Å². The fraction of sp³-hybridized carbons (Fsp3) is 0.625. The molecule has 2 fully saturated rings. The third kappa shape index (κ3) is 3.42. The zero-order chi connectivity index (χ0) is 17.2. The molecular weight excluding hydrogens is 322 g/mol. The van der Waals surface area contributed by atoms with Crippen LogP contribution in [0.3, 0.4) is 0 Å². The number of imidazole rings is 1. The number of fused-ring (bicyclic) bond motifs is 1. The van der Waals surface area contributed by atoms with Gasteiger partial charge >= 0.3 is 0 Å². The minimum absolute atomic E-state index is 0.0329. The number of ether oxygens (including phenoxy) is 1. The molecule has 0 spiro atoms. The molecule has 0 bridgehead atoms. The first-order valence-corrected chi connectivity index (χ1v) is 8.80. The van der Waals surface area contributed by atoms with Crippen molar-refractivity contribution in [1.82, 2.24) is 30.6 Å². The average molecular weight is 345 g/mol. The van der Waals surface area contributed by atoms with Crippen molar-refractivity contribution in [3.63, 3.8) is 0 Å². The van der Waals surface area contributed by atoms with Crippen LogP contribution in [-0.2, 0) is 9.53 Å². The normalized spacial score (nSPS) is 29.6. The summed E-state index contributed by atoms with van der Waals surface area (Å²) in [4.78, 5) is 27.8. The van der Waals surface area contributed by atoms with Crippen molar-refractivity contribution in [3.05, 3.63) is 12.7 Å². The Balaban J connectivity index is 1.35. The van der Waals surface area contributed by atoms with Crippen molar-refractivity contribution < 1.29 is 9.53 Å². The van der Waals surface area contributed by atoms with Gasteiger partial charge in [-0.05, 0) is 39.2 Å². The van der Waals surface area contributed by atoms with Crippen molar-refractivity contribution >= 4 is 22.9 Å². The standard InChI is InChI=1S/C16H23N7O2/c1-9-10(22-16(24)11-3-2-6-17-11)4-5-12(25-9)23-15-13-14(19-7-18-13)20-8-21-15/h7-12,17H,2-6H2,1H3,(H,22,24)(H2,18,19,20,21,23)/t9-,10+,11+,12-/m0/s1. The van der Waals surface area contributed by atoms with Crippen LogP contribution in [0, 0.1) is 0 Å². The maximum atomic E-state index is 12.3. The fourth-order valence-corrected chi connectivity index (χ4v) is 3.50. The van der Waals surface area contributed by atoms with Gasteiger partial charge in [0.15, 0.2) is 11.5 Å². The van der Waals surface area contributed by atoms with Crippen LogP contribution < -0.4 is 16.0 Å². The van der Waals surface area contributed by atoms with Gasteiger partial charge in [-0.25, -0.2) is 15.0 Å². The molecule has 0 aromatic carbocycles. The van der Waals surface area contributed by atoms with E-state index in [4.69, 9.17) is 4.74 Å². The minimum Gasteiger partial charge on any atom is -0.353 e. The van der Waals surface area contributed by atoms with E-state index in [1.54, 1.807) is 6.33 Å². The predicted molar refractivity (Wildman–Crippen MR) is 91.8 cm³/mol. The summed E-state index contributed by atoms with van der Waals surface area (Å²) < 4.78 is 6.05. The topological polar surface area (TPSA) is 117 Å². The number of nitrogens with zero attached hydrogens (tertiary/aromatic N) is 3. The van der Waals surface area contributed by atoms with Gasteiger partial charge < -0.3 is 25.7 Å². The highest BCUT2D eigenvalue weighted by Gasteiger charge is 2.32. The van der Waals surface area contributed by atoms with Gasteiger partial charge in [0.05, 0.1) is 24.5 Å². The lowest BCUT2D eigenvalue weighted by Crippen LogP contribution is -2.53. The Labute approximate surface area is 145 Å². The van der Waals surface area contributed by atoms with E-state index in [0.29, 0.717) is 11.5 Å². The number of hydrogen-bond acceptors (Lipinski definition) is 7. The number of aromatic nitrogens is 4. The molecule has 0 unspecified atom stereocenters. The SMILES string of the molecule is C[C@@H]1O[C@H](Nc2ncnc3nc[nH]c23)CC[C@H]1NC(=O)[C@H]1CCCN1. The molecule has 4 heterocycles. The summed E-state index contributed by atoms with van der Waals surface area (Å²) in [6.07, 6.45) is 6.45. The molecule has 4 atom stereocenters.